The topological polar surface area (TPSA) is 11.3 Å². The molecule has 1 nitrogen and oxygen atoms in total. The fourth-order valence-electron chi connectivity index (χ4n) is 2.98. The third kappa shape index (κ3) is 8.05. The van der Waals surface area contributed by atoms with Gasteiger partial charge in [-0.2, -0.15) is 0 Å². The molecule has 1 aliphatic heterocycles. The first-order valence-electron chi connectivity index (χ1n) is 11.4. The van der Waals surface area contributed by atoms with Crippen molar-refractivity contribution >= 4 is 21.0 Å². The van der Waals surface area contributed by atoms with Crippen molar-refractivity contribution in [3.8, 4) is 0 Å². The molecule has 0 saturated heterocycles. The number of hydrogen-bond acceptors (Lipinski definition) is 0. The molecule has 0 amide bonds. The van der Waals surface area contributed by atoms with Crippen LogP contribution in [0.5, 0.6) is 0 Å². The molecule has 0 N–H and O–H groups in total. The van der Waals surface area contributed by atoms with E-state index < -0.39 is 0 Å². The van der Waals surface area contributed by atoms with Crippen LogP contribution in [0.1, 0.15) is 100 Å². The van der Waals surface area contributed by atoms with Crippen molar-refractivity contribution in [3.63, 3.8) is 0 Å². The van der Waals surface area contributed by atoms with E-state index in [1.54, 1.807) is 8.94 Å². The molecule has 0 fully saturated rings. The predicted molar refractivity (Wildman–Crippen MR) is 138 cm³/mol. The first kappa shape index (κ1) is 29.0. The Morgan fingerprint density at radius 2 is 1.06 bits per heavy atom. The molecule has 178 valence electrons. The number of hydrogen-bond donors (Lipinski definition) is 0. The summed E-state index contributed by atoms with van der Waals surface area (Å²) in [4.78, 5) is 0. The molecule has 0 unspecified atom stereocenters. The summed E-state index contributed by atoms with van der Waals surface area (Å²) in [5.74, 6) is 2.05. The Kier molecular flexibility index (Phi) is 9.08. The van der Waals surface area contributed by atoms with E-state index in [4.69, 9.17) is 4.42 Å². The number of halogens is 1. The molecule has 3 heteroatoms. The first-order chi connectivity index (χ1) is 13.9. The Morgan fingerprint density at radius 3 is 1.41 bits per heavy atom. The summed E-state index contributed by atoms with van der Waals surface area (Å²) in [5.41, 5.74) is 2.85. The summed E-state index contributed by atoms with van der Waals surface area (Å²) in [7, 11) is 0. The molecule has 1 aliphatic rings. The second kappa shape index (κ2) is 10.0. The zero-order valence-electron chi connectivity index (χ0n) is 22.2. The molecule has 0 aromatic carbocycles. The van der Waals surface area contributed by atoms with Gasteiger partial charge in [0.05, 0.1) is 0 Å². The van der Waals surface area contributed by atoms with Crippen LogP contribution in [0.4, 0.5) is 0 Å². The molecular formula is C29H43ClOSe. The summed E-state index contributed by atoms with van der Waals surface area (Å²) in [6.07, 6.45) is 11.5. The van der Waals surface area contributed by atoms with Crippen molar-refractivity contribution in [1.29, 1.82) is 0 Å². The van der Waals surface area contributed by atoms with E-state index >= 15 is 0 Å². The van der Waals surface area contributed by atoms with Crippen LogP contribution in [0, 0.1) is 10.8 Å². The van der Waals surface area contributed by atoms with Gasteiger partial charge in [0.1, 0.15) is 0 Å². The second-order valence-electron chi connectivity index (χ2n) is 12.8. The zero-order chi connectivity index (χ0) is 23.8. The maximum Gasteiger partial charge on any atom is -1.00 e. The quantitative estimate of drug-likeness (QED) is 0.360. The minimum atomic E-state index is -0.0253. The van der Waals surface area contributed by atoms with E-state index in [1.807, 2.05) is 0 Å². The van der Waals surface area contributed by atoms with Crippen LogP contribution >= 0.6 is 0 Å². The van der Waals surface area contributed by atoms with Gasteiger partial charge in [-0.15, -0.1) is 0 Å². The zero-order valence-corrected chi connectivity index (χ0v) is 24.7. The molecular weight excluding hydrogens is 479 g/mol. The largest absolute Gasteiger partial charge is 1.00 e. The second-order valence-corrected chi connectivity index (χ2v) is 15.0. The molecule has 2 heterocycles. The molecule has 1 aromatic rings. The Hall–Kier alpha value is -1.08. The van der Waals surface area contributed by atoms with Gasteiger partial charge in [-0.25, -0.2) is 0 Å². The van der Waals surface area contributed by atoms with E-state index in [1.165, 1.54) is 11.1 Å². The van der Waals surface area contributed by atoms with Crippen molar-refractivity contribution < 1.29 is 16.8 Å². The van der Waals surface area contributed by atoms with Crippen LogP contribution in [-0.4, -0.2) is 15.0 Å². The normalized spacial score (nSPS) is 15.9. The Bertz CT molecular complexity index is 869. The number of rotatable bonds is 2. The standard InChI is InChI=1S/C29H43OSe.ClH/c1-26(2,3)22-16-20(17-23(30-22)27(4,5)6)14-13-15-21-18-24(28(7,8)9)31-25(19-21)29(10,11)12;/h13-19H,1-12H3;1H/q+1;/p-1. The van der Waals surface area contributed by atoms with Crippen molar-refractivity contribution in [3.05, 3.63) is 68.0 Å². The van der Waals surface area contributed by atoms with Gasteiger partial charge in [0, 0.05) is 0 Å². The third-order valence-electron chi connectivity index (χ3n) is 5.17. The average Bonchev–Trinajstić information content (AvgIpc) is 2.58. The third-order valence-corrected chi connectivity index (χ3v) is 9.15. The SMILES string of the molecule is CC(C)(C)C1=CC(=CC=Cc2cc(C(C)(C)C)[o+]c(C(C)(C)C)c2)C=C(C(C)(C)C)[Se]1.[Cl-]. The van der Waals surface area contributed by atoms with Crippen molar-refractivity contribution in [2.75, 3.05) is 0 Å². The van der Waals surface area contributed by atoms with Crippen molar-refractivity contribution in [1.82, 2.24) is 0 Å². The minimum Gasteiger partial charge on any atom is -1.00 e. The molecule has 0 spiro atoms. The summed E-state index contributed by atoms with van der Waals surface area (Å²) >= 11 is 0.418. The summed E-state index contributed by atoms with van der Waals surface area (Å²) in [6.45, 7) is 27.2. The predicted octanol–water partition coefficient (Wildman–Crippen LogP) is 5.68. The molecule has 0 atom stereocenters. The molecule has 0 radical (unpaired) electrons. The van der Waals surface area contributed by atoms with E-state index in [9.17, 15) is 0 Å². The molecule has 0 bridgehead atoms. The fraction of sp³-hybridized carbons (Fsp3) is 0.552. The van der Waals surface area contributed by atoms with Crippen LogP contribution < -0.4 is 12.4 Å². The maximum atomic E-state index is 6.28. The molecule has 32 heavy (non-hydrogen) atoms. The van der Waals surface area contributed by atoms with Crippen LogP contribution in [0.15, 0.2) is 55.4 Å². The van der Waals surface area contributed by atoms with Gasteiger partial charge in [0.15, 0.2) is 0 Å². The van der Waals surface area contributed by atoms with Gasteiger partial charge >= 0.3 is 198 Å². The van der Waals surface area contributed by atoms with Crippen LogP contribution in [0.25, 0.3) is 6.08 Å². The van der Waals surface area contributed by atoms with Crippen LogP contribution in [0.3, 0.4) is 0 Å². The first-order valence-corrected chi connectivity index (χ1v) is 13.1. The van der Waals surface area contributed by atoms with Crippen molar-refractivity contribution in [2.45, 2.75) is 93.9 Å². The van der Waals surface area contributed by atoms with Gasteiger partial charge in [-0.1, -0.05) is 0 Å². The molecule has 1 aromatic heterocycles. The van der Waals surface area contributed by atoms with Gasteiger partial charge in [-0.05, 0) is 0 Å². The van der Waals surface area contributed by atoms with Crippen molar-refractivity contribution in [2.24, 2.45) is 10.8 Å². The van der Waals surface area contributed by atoms with Crippen LogP contribution in [0.2, 0.25) is 0 Å². The summed E-state index contributed by atoms with van der Waals surface area (Å²) in [6, 6.07) is 4.36. The summed E-state index contributed by atoms with van der Waals surface area (Å²) < 4.78 is 9.41. The monoisotopic (exact) mass is 522 g/mol. The number of allylic oxidation sites excluding steroid dienone is 7. The molecule has 0 aliphatic carbocycles. The van der Waals surface area contributed by atoms with Gasteiger partial charge < -0.3 is 12.4 Å². The Morgan fingerprint density at radius 1 is 0.656 bits per heavy atom. The van der Waals surface area contributed by atoms with Gasteiger partial charge in [-0.3, -0.25) is 0 Å². The smallest absolute Gasteiger partial charge is 1.00 e. The maximum absolute atomic E-state index is 6.28. The van der Waals surface area contributed by atoms with Gasteiger partial charge in [0.2, 0.25) is 0 Å². The van der Waals surface area contributed by atoms with Crippen LogP contribution in [-0.2, 0) is 10.8 Å². The van der Waals surface area contributed by atoms with E-state index in [0.717, 1.165) is 11.5 Å². The average molecular weight is 522 g/mol. The van der Waals surface area contributed by atoms with E-state index in [-0.39, 0.29) is 34.1 Å². The fourth-order valence-corrected chi connectivity index (χ4v) is 5.58. The van der Waals surface area contributed by atoms with E-state index in [2.05, 4.69) is 126 Å². The molecule has 0 saturated carbocycles. The van der Waals surface area contributed by atoms with Gasteiger partial charge in [0.25, 0.3) is 0 Å². The Balaban J connectivity index is 0.00000512. The minimum absolute atomic E-state index is 0. The summed E-state index contributed by atoms with van der Waals surface area (Å²) in [5, 5.41) is 0. The Labute approximate surface area is 210 Å². The molecule has 2 rings (SSSR count). The van der Waals surface area contributed by atoms with E-state index in [0.29, 0.717) is 15.0 Å².